The Balaban J connectivity index is 1.75. The lowest BCUT2D eigenvalue weighted by molar-refractivity contribution is -0.133. The maximum Gasteiger partial charge on any atom is 0.243 e. The zero-order valence-corrected chi connectivity index (χ0v) is 26.6. The molecule has 0 unspecified atom stereocenters. The van der Waals surface area contributed by atoms with Crippen molar-refractivity contribution >= 4 is 29.5 Å². The third-order valence-corrected chi connectivity index (χ3v) is 7.37. The molecule has 0 saturated carbocycles. The molecule has 9 N–H and O–H groups in total. The number of phenols is 1. The van der Waals surface area contributed by atoms with Crippen LogP contribution in [0.2, 0.25) is 0 Å². The van der Waals surface area contributed by atoms with E-state index >= 15 is 0 Å². The molecule has 12 heteroatoms. The molecule has 0 aliphatic carbocycles. The van der Waals surface area contributed by atoms with E-state index < -0.39 is 60.2 Å². The van der Waals surface area contributed by atoms with Gasteiger partial charge in [0.2, 0.25) is 29.5 Å². The average molecular weight is 645 g/mol. The fraction of sp³-hybridized carbons (Fsp3) is 0.343. The zero-order valence-electron chi connectivity index (χ0n) is 26.6. The minimum absolute atomic E-state index is 0.0853. The van der Waals surface area contributed by atoms with E-state index in [4.69, 9.17) is 11.5 Å². The van der Waals surface area contributed by atoms with Crippen LogP contribution in [0.5, 0.6) is 5.75 Å². The first-order valence-electron chi connectivity index (χ1n) is 15.5. The molecule has 3 rings (SSSR count). The van der Waals surface area contributed by atoms with Gasteiger partial charge in [-0.3, -0.25) is 24.0 Å². The number of nitrogens with one attached hydrogen (secondary N) is 4. The number of benzene rings is 3. The van der Waals surface area contributed by atoms with E-state index in [0.717, 1.165) is 16.7 Å². The fourth-order valence-corrected chi connectivity index (χ4v) is 4.90. The number of rotatable bonds is 17. The first kappa shape index (κ1) is 36.2. The molecule has 3 aromatic rings. The number of amides is 5. The first-order chi connectivity index (χ1) is 22.4. The molecule has 0 aliphatic heterocycles. The fourth-order valence-electron chi connectivity index (χ4n) is 4.90. The Morgan fingerprint density at radius 1 is 0.638 bits per heavy atom. The minimum atomic E-state index is -1.11. The van der Waals surface area contributed by atoms with Crippen molar-refractivity contribution in [2.75, 3.05) is 6.54 Å². The van der Waals surface area contributed by atoms with Crippen LogP contribution in [-0.2, 0) is 43.2 Å². The Morgan fingerprint density at radius 3 is 1.64 bits per heavy atom. The summed E-state index contributed by atoms with van der Waals surface area (Å²) < 4.78 is 0. The Labute approximate surface area is 274 Å². The van der Waals surface area contributed by atoms with Crippen LogP contribution in [0.3, 0.4) is 0 Å². The second-order valence-corrected chi connectivity index (χ2v) is 11.8. The zero-order chi connectivity index (χ0) is 34.3. The lowest BCUT2D eigenvalue weighted by Crippen LogP contribution is -2.57. The van der Waals surface area contributed by atoms with Crippen LogP contribution < -0.4 is 32.7 Å². The van der Waals surface area contributed by atoms with Gasteiger partial charge in [0.25, 0.3) is 0 Å². The van der Waals surface area contributed by atoms with E-state index in [2.05, 4.69) is 21.3 Å². The molecule has 0 heterocycles. The largest absolute Gasteiger partial charge is 0.508 e. The summed E-state index contributed by atoms with van der Waals surface area (Å²) in [5.41, 5.74) is 13.9. The van der Waals surface area contributed by atoms with E-state index in [1.807, 2.05) is 50.2 Å². The van der Waals surface area contributed by atoms with Crippen LogP contribution in [-0.4, -0.2) is 65.4 Å². The van der Waals surface area contributed by atoms with Crippen molar-refractivity contribution < 1.29 is 29.1 Å². The predicted molar refractivity (Wildman–Crippen MR) is 178 cm³/mol. The van der Waals surface area contributed by atoms with Crippen molar-refractivity contribution in [3.8, 4) is 5.75 Å². The standard InChI is InChI=1S/C35H44N6O6/c1-22(2)17-28(32(37)44)39-31(43)21-38-34(46)29(19-23-9-5-3-6-10-23)41-35(47)30(20-24-11-7-4-8-12-24)40-33(45)27(36)18-25-13-15-26(42)16-14-25/h3-16,22,27-30,42H,17-21,36H2,1-2H3,(H2,37,44)(H,38,46)(H,39,43)(H,40,45)(H,41,47)/t27-,28-,29+,30-/m0/s1. The van der Waals surface area contributed by atoms with E-state index in [1.165, 1.54) is 12.1 Å². The highest BCUT2D eigenvalue weighted by Gasteiger charge is 2.29. The summed E-state index contributed by atoms with van der Waals surface area (Å²) in [5, 5.41) is 20.1. The van der Waals surface area contributed by atoms with E-state index in [9.17, 15) is 29.1 Å². The molecule has 0 bridgehead atoms. The van der Waals surface area contributed by atoms with Gasteiger partial charge in [-0.15, -0.1) is 0 Å². The molecular formula is C35H44N6O6. The van der Waals surface area contributed by atoms with E-state index in [1.54, 1.807) is 36.4 Å². The molecule has 0 radical (unpaired) electrons. The highest BCUT2D eigenvalue weighted by molar-refractivity contribution is 5.95. The molecule has 4 atom stereocenters. The summed E-state index contributed by atoms with van der Waals surface area (Å²) in [7, 11) is 0. The topological polar surface area (TPSA) is 206 Å². The number of carbonyl (C=O) groups excluding carboxylic acids is 5. The van der Waals surface area contributed by atoms with Crippen molar-refractivity contribution in [3.05, 3.63) is 102 Å². The summed E-state index contributed by atoms with van der Waals surface area (Å²) in [6.07, 6.45) is 0.732. The average Bonchev–Trinajstić information content (AvgIpc) is 3.04. The number of nitrogens with two attached hydrogens (primary N) is 2. The SMILES string of the molecule is CC(C)C[C@H](NC(=O)CNC(=O)[C@@H](Cc1ccccc1)NC(=O)[C@H](Cc1ccccc1)NC(=O)[C@@H](N)Cc1ccc(O)cc1)C(N)=O. The van der Waals surface area contributed by atoms with Crippen molar-refractivity contribution in [2.24, 2.45) is 17.4 Å². The van der Waals surface area contributed by atoms with Gasteiger partial charge in [0.05, 0.1) is 12.6 Å². The number of hydrogen-bond donors (Lipinski definition) is 7. The van der Waals surface area contributed by atoms with Crippen LogP contribution in [0.4, 0.5) is 0 Å². The van der Waals surface area contributed by atoms with Gasteiger partial charge in [0.15, 0.2) is 0 Å². The Kier molecular flexibility index (Phi) is 13.9. The van der Waals surface area contributed by atoms with Gasteiger partial charge in [-0.1, -0.05) is 86.6 Å². The quantitative estimate of drug-likeness (QED) is 0.113. The highest BCUT2D eigenvalue weighted by Crippen LogP contribution is 2.12. The third-order valence-electron chi connectivity index (χ3n) is 7.37. The van der Waals surface area contributed by atoms with Crippen molar-refractivity contribution in [2.45, 2.75) is 63.7 Å². The number of hydrogen-bond acceptors (Lipinski definition) is 7. The van der Waals surface area contributed by atoms with Gasteiger partial charge in [-0.25, -0.2) is 0 Å². The first-order valence-corrected chi connectivity index (χ1v) is 15.5. The highest BCUT2D eigenvalue weighted by atomic mass is 16.3. The van der Waals surface area contributed by atoms with E-state index in [0.29, 0.717) is 6.42 Å². The molecule has 0 fully saturated rings. The summed E-state index contributed by atoms with van der Waals surface area (Å²) in [6.45, 7) is 3.33. The number of primary amides is 1. The van der Waals surface area contributed by atoms with Crippen LogP contribution in [0.1, 0.15) is 37.0 Å². The van der Waals surface area contributed by atoms with Gasteiger partial charge in [0, 0.05) is 12.8 Å². The van der Waals surface area contributed by atoms with Gasteiger partial charge in [-0.2, -0.15) is 0 Å². The number of carbonyl (C=O) groups is 5. The van der Waals surface area contributed by atoms with Crippen molar-refractivity contribution in [3.63, 3.8) is 0 Å². The molecule has 0 aromatic heterocycles. The summed E-state index contributed by atoms with van der Waals surface area (Å²) in [4.78, 5) is 64.7. The van der Waals surface area contributed by atoms with Crippen LogP contribution >= 0.6 is 0 Å². The summed E-state index contributed by atoms with van der Waals surface area (Å²) in [5.74, 6) is -2.93. The lowest BCUT2D eigenvalue weighted by Gasteiger charge is -2.25. The van der Waals surface area contributed by atoms with Gasteiger partial charge in [0.1, 0.15) is 23.9 Å². The molecule has 3 aromatic carbocycles. The molecule has 0 aliphatic rings. The minimum Gasteiger partial charge on any atom is -0.508 e. The van der Waals surface area contributed by atoms with Gasteiger partial charge >= 0.3 is 0 Å². The Morgan fingerprint density at radius 2 is 1.13 bits per heavy atom. The molecule has 12 nitrogen and oxygen atoms in total. The molecule has 0 spiro atoms. The molecular weight excluding hydrogens is 600 g/mol. The molecule has 47 heavy (non-hydrogen) atoms. The maximum absolute atomic E-state index is 13.8. The van der Waals surface area contributed by atoms with Crippen molar-refractivity contribution in [1.82, 2.24) is 21.3 Å². The molecule has 0 saturated heterocycles. The Bertz CT molecular complexity index is 1480. The second kappa shape index (κ2) is 18.1. The summed E-state index contributed by atoms with van der Waals surface area (Å²) in [6, 6.07) is 20.3. The number of aromatic hydroxyl groups is 1. The molecule has 250 valence electrons. The predicted octanol–water partition coefficient (Wildman–Crippen LogP) is 0.849. The number of phenolic OH excluding ortho intramolecular Hbond substituents is 1. The normalized spacial score (nSPS) is 13.4. The van der Waals surface area contributed by atoms with E-state index in [-0.39, 0.29) is 30.9 Å². The van der Waals surface area contributed by atoms with Crippen LogP contribution in [0.15, 0.2) is 84.9 Å². The second-order valence-electron chi connectivity index (χ2n) is 11.8. The van der Waals surface area contributed by atoms with Crippen molar-refractivity contribution in [1.29, 1.82) is 0 Å². The third kappa shape index (κ3) is 12.6. The smallest absolute Gasteiger partial charge is 0.243 e. The van der Waals surface area contributed by atoms with Gasteiger partial charge < -0.3 is 37.8 Å². The Hall–Kier alpha value is -5.23. The maximum atomic E-state index is 13.8. The van der Waals surface area contributed by atoms with Crippen LogP contribution in [0, 0.1) is 5.92 Å². The van der Waals surface area contributed by atoms with Gasteiger partial charge in [-0.05, 0) is 47.6 Å². The lowest BCUT2D eigenvalue weighted by atomic mass is 10.0. The monoisotopic (exact) mass is 644 g/mol. The van der Waals surface area contributed by atoms with Crippen LogP contribution in [0.25, 0.3) is 0 Å². The summed E-state index contributed by atoms with van der Waals surface area (Å²) >= 11 is 0. The molecule has 5 amide bonds.